The van der Waals surface area contributed by atoms with E-state index < -0.39 is 5.76 Å². The van der Waals surface area contributed by atoms with Crippen molar-refractivity contribution in [3.05, 3.63) is 40.3 Å². The highest BCUT2D eigenvalue weighted by Gasteiger charge is 2.18. The fraction of sp³-hybridized carbons (Fsp3) is 0.200. The lowest BCUT2D eigenvalue weighted by molar-refractivity contribution is 0.251. The molecule has 0 bridgehead atoms. The van der Waals surface area contributed by atoms with Crippen molar-refractivity contribution in [1.29, 1.82) is 0 Å². The lowest BCUT2D eigenvalue weighted by Gasteiger charge is -2.05. The van der Waals surface area contributed by atoms with E-state index in [4.69, 9.17) is 4.74 Å². The van der Waals surface area contributed by atoms with Crippen LogP contribution < -0.4 is 4.74 Å². The van der Waals surface area contributed by atoms with Crippen LogP contribution in [-0.2, 0) is 0 Å². The normalized spacial score (nSPS) is 11.6. The summed E-state index contributed by atoms with van der Waals surface area (Å²) in [5, 5.41) is 14.8. The van der Waals surface area contributed by atoms with Crippen molar-refractivity contribution in [3.63, 3.8) is 0 Å². The summed E-state index contributed by atoms with van der Waals surface area (Å²) >= 11 is 1.77. The number of hydrogen-bond acceptors (Lipinski definition) is 7. The van der Waals surface area contributed by atoms with Gasteiger partial charge in [-0.3, -0.25) is 0 Å². The number of aromatic nitrogens is 4. The number of benzene rings is 1. The summed E-state index contributed by atoms with van der Waals surface area (Å²) in [4.78, 5) is 4.27. The van der Waals surface area contributed by atoms with Crippen LogP contribution in [0.25, 0.3) is 11.4 Å². The second kappa shape index (κ2) is 7.70. The number of ether oxygens (including phenoxy) is 1. The predicted molar refractivity (Wildman–Crippen MR) is 93.7 cm³/mol. The number of rotatable bonds is 6. The van der Waals surface area contributed by atoms with E-state index in [1.54, 1.807) is 31.4 Å². The molecule has 0 radical (unpaired) electrons. The fourth-order valence-corrected chi connectivity index (χ4v) is 3.04. The molecule has 0 saturated carbocycles. The predicted octanol–water partition coefficient (Wildman–Crippen LogP) is 3.92. The van der Waals surface area contributed by atoms with E-state index in [1.807, 2.05) is 12.3 Å². The van der Waals surface area contributed by atoms with E-state index >= 15 is 0 Å². The first-order valence-corrected chi connectivity index (χ1v) is 8.84. The largest absolute Gasteiger partial charge is 0.497 e. The van der Waals surface area contributed by atoms with Crippen LogP contribution >= 0.6 is 23.1 Å². The van der Waals surface area contributed by atoms with Gasteiger partial charge < -0.3 is 4.74 Å². The first kappa shape index (κ1) is 17.5. The molecule has 0 atom stereocenters. The third-order valence-corrected chi connectivity index (χ3v) is 4.53. The van der Waals surface area contributed by atoms with Crippen molar-refractivity contribution in [1.82, 2.24) is 19.9 Å². The van der Waals surface area contributed by atoms with Gasteiger partial charge in [-0.05, 0) is 43.0 Å². The quantitative estimate of drug-likeness (QED) is 0.478. The van der Waals surface area contributed by atoms with Gasteiger partial charge in [0.25, 0.3) is 5.76 Å². The summed E-state index contributed by atoms with van der Waals surface area (Å²) in [5.74, 6) is -1.59. The summed E-state index contributed by atoms with van der Waals surface area (Å²) in [7, 11) is 1.56. The summed E-state index contributed by atoms with van der Waals surface area (Å²) in [6, 6.07) is 7.03. The van der Waals surface area contributed by atoms with Gasteiger partial charge in [0.1, 0.15) is 5.75 Å². The van der Waals surface area contributed by atoms with E-state index in [1.165, 1.54) is 22.2 Å². The highest BCUT2D eigenvalue weighted by Crippen LogP contribution is 2.28. The zero-order valence-electron chi connectivity index (χ0n) is 13.3. The third-order valence-electron chi connectivity index (χ3n) is 3.10. The number of hydrogen-bond donors (Lipinski definition) is 0. The van der Waals surface area contributed by atoms with Crippen LogP contribution in [-0.4, -0.2) is 38.9 Å². The van der Waals surface area contributed by atoms with Crippen LogP contribution in [0.4, 0.5) is 8.78 Å². The number of thiazole rings is 1. The molecule has 0 saturated heterocycles. The number of nitrogens with zero attached hydrogens (tertiary/aromatic N) is 5. The number of thioether (sulfide) groups is 1. The Labute approximate surface area is 150 Å². The van der Waals surface area contributed by atoms with Crippen molar-refractivity contribution in [3.8, 4) is 17.1 Å². The maximum Gasteiger partial charge on any atom is 0.291 e. The maximum atomic E-state index is 12.8. The molecule has 0 aliphatic rings. The highest BCUT2D eigenvalue weighted by molar-refractivity contribution is 7.99. The minimum atomic E-state index is -2.62. The molecule has 1 aromatic carbocycles. The van der Waals surface area contributed by atoms with Gasteiger partial charge in [0.2, 0.25) is 5.16 Å². The molecular formula is C15H13F2N5OS2. The van der Waals surface area contributed by atoms with Gasteiger partial charge in [-0.2, -0.15) is 18.6 Å². The van der Waals surface area contributed by atoms with E-state index in [9.17, 15) is 8.78 Å². The molecule has 3 aromatic rings. The van der Waals surface area contributed by atoms with Crippen LogP contribution in [0.3, 0.4) is 0 Å². The SMILES string of the molecule is COc1ccc(-c2nnc(SC(F)F)n2/N=C\c2csc(C)n2)cc1. The number of aryl methyl sites for hydroxylation is 1. The number of halogens is 2. The Hall–Kier alpha value is -2.33. The summed E-state index contributed by atoms with van der Waals surface area (Å²) in [5.41, 5.74) is 1.32. The van der Waals surface area contributed by atoms with Crippen LogP contribution in [0.5, 0.6) is 5.75 Å². The minimum absolute atomic E-state index is 0.00372. The van der Waals surface area contributed by atoms with Crippen LogP contribution in [0, 0.1) is 6.92 Å². The minimum Gasteiger partial charge on any atom is -0.497 e. The molecule has 25 heavy (non-hydrogen) atoms. The fourth-order valence-electron chi connectivity index (χ4n) is 2.00. The zero-order valence-corrected chi connectivity index (χ0v) is 14.9. The first-order chi connectivity index (χ1) is 12.1. The van der Waals surface area contributed by atoms with Gasteiger partial charge in [0, 0.05) is 10.9 Å². The van der Waals surface area contributed by atoms with Gasteiger partial charge in [-0.1, -0.05) is 0 Å². The van der Waals surface area contributed by atoms with Crippen molar-refractivity contribution < 1.29 is 13.5 Å². The van der Waals surface area contributed by atoms with Gasteiger partial charge in [-0.25, -0.2) is 4.98 Å². The van der Waals surface area contributed by atoms with E-state index in [0.717, 1.165) is 5.01 Å². The lowest BCUT2D eigenvalue weighted by atomic mass is 10.2. The third kappa shape index (κ3) is 4.20. The zero-order chi connectivity index (χ0) is 17.8. The van der Waals surface area contributed by atoms with Gasteiger partial charge in [-0.15, -0.1) is 21.5 Å². The number of methoxy groups -OCH3 is 1. The molecule has 0 spiro atoms. The Balaban J connectivity index is 1.99. The topological polar surface area (TPSA) is 65.2 Å². The molecule has 130 valence electrons. The Kier molecular flexibility index (Phi) is 5.39. The Morgan fingerprint density at radius 1 is 1.28 bits per heavy atom. The summed E-state index contributed by atoms with van der Waals surface area (Å²) in [6.45, 7) is 1.88. The molecule has 0 aliphatic carbocycles. The molecule has 2 aromatic heterocycles. The van der Waals surface area contributed by atoms with Crippen molar-refractivity contribution in [2.24, 2.45) is 5.10 Å². The van der Waals surface area contributed by atoms with Crippen LogP contribution in [0.2, 0.25) is 0 Å². The molecule has 10 heteroatoms. The molecule has 0 unspecified atom stereocenters. The highest BCUT2D eigenvalue weighted by atomic mass is 32.2. The molecule has 6 nitrogen and oxygen atoms in total. The smallest absolute Gasteiger partial charge is 0.291 e. The Morgan fingerprint density at radius 2 is 2.04 bits per heavy atom. The molecule has 0 N–H and O–H groups in total. The van der Waals surface area contributed by atoms with Crippen molar-refractivity contribution >= 4 is 29.3 Å². The van der Waals surface area contributed by atoms with E-state index in [0.29, 0.717) is 22.8 Å². The second-order valence-corrected chi connectivity index (χ2v) is 6.78. The monoisotopic (exact) mass is 381 g/mol. The summed E-state index contributed by atoms with van der Waals surface area (Å²) < 4.78 is 32.0. The second-order valence-electron chi connectivity index (χ2n) is 4.76. The van der Waals surface area contributed by atoms with Gasteiger partial charge >= 0.3 is 0 Å². The Morgan fingerprint density at radius 3 is 2.64 bits per heavy atom. The summed E-state index contributed by atoms with van der Waals surface area (Å²) in [6.07, 6.45) is 1.50. The Bertz CT molecular complexity index is 876. The van der Waals surface area contributed by atoms with Crippen molar-refractivity contribution in [2.45, 2.75) is 17.8 Å². The van der Waals surface area contributed by atoms with Gasteiger partial charge in [0.15, 0.2) is 5.82 Å². The first-order valence-electron chi connectivity index (χ1n) is 7.08. The van der Waals surface area contributed by atoms with Gasteiger partial charge in [0.05, 0.1) is 24.0 Å². The molecule has 0 fully saturated rings. The van der Waals surface area contributed by atoms with Crippen molar-refractivity contribution in [2.75, 3.05) is 7.11 Å². The van der Waals surface area contributed by atoms with Crippen LogP contribution in [0.15, 0.2) is 39.9 Å². The molecule has 0 amide bonds. The van der Waals surface area contributed by atoms with Crippen LogP contribution in [0.1, 0.15) is 10.7 Å². The standard InChI is InChI=1S/C15H13F2N5OS2/c1-9-19-11(8-24-9)7-18-22-13(20-21-15(22)25-14(16)17)10-3-5-12(23-2)6-4-10/h3-8,14H,1-2H3/b18-7-. The van der Waals surface area contributed by atoms with E-state index in [2.05, 4.69) is 20.3 Å². The lowest BCUT2D eigenvalue weighted by Crippen LogP contribution is -1.98. The number of alkyl halides is 2. The average molecular weight is 381 g/mol. The van der Waals surface area contributed by atoms with E-state index in [-0.39, 0.29) is 16.9 Å². The molecule has 2 heterocycles. The molecule has 0 aliphatic heterocycles. The average Bonchev–Trinajstić information content (AvgIpc) is 3.19. The molecule has 3 rings (SSSR count). The molecular weight excluding hydrogens is 368 g/mol. The maximum absolute atomic E-state index is 12.8.